The highest BCUT2D eigenvalue weighted by Crippen LogP contribution is 2.31. The second-order valence-corrected chi connectivity index (χ2v) is 11.6. The van der Waals surface area contributed by atoms with Gasteiger partial charge in [0.15, 0.2) is 0 Å². The van der Waals surface area contributed by atoms with Crippen LogP contribution in [0.15, 0.2) is 36.4 Å². The summed E-state index contributed by atoms with van der Waals surface area (Å²) in [5.41, 5.74) is 1.34. The molecule has 7 nitrogen and oxygen atoms in total. The molecule has 0 bridgehead atoms. The van der Waals surface area contributed by atoms with Crippen LogP contribution in [-0.2, 0) is 19.4 Å². The van der Waals surface area contributed by atoms with Gasteiger partial charge < -0.3 is 15.0 Å². The fourth-order valence-electron chi connectivity index (χ4n) is 3.36. The number of thiophene rings is 1. The van der Waals surface area contributed by atoms with Gasteiger partial charge in [0.25, 0.3) is 5.91 Å². The summed E-state index contributed by atoms with van der Waals surface area (Å²) in [6, 6.07) is 9.71. The summed E-state index contributed by atoms with van der Waals surface area (Å²) in [4.78, 5) is 28.5. The van der Waals surface area contributed by atoms with E-state index in [0.717, 1.165) is 16.7 Å². The van der Waals surface area contributed by atoms with Gasteiger partial charge in [-0.15, -0.1) is 11.3 Å². The maximum absolute atomic E-state index is 13.3. The summed E-state index contributed by atoms with van der Waals surface area (Å²) in [6.07, 6.45) is 0.808. The van der Waals surface area contributed by atoms with Crippen molar-refractivity contribution in [1.82, 2.24) is 10.2 Å². The van der Waals surface area contributed by atoms with E-state index in [1.807, 2.05) is 19.1 Å². The Hall–Kier alpha value is -1.94. The number of hydrogen-bond donors (Lipinski definition) is 1. The van der Waals surface area contributed by atoms with Crippen molar-refractivity contribution in [3.63, 3.8) is 0 Å². The van der Waals surface area contributed by atoms with Gasteiger partial charge in [-0.1, -0.05) is 29.3 Å². The van der Waals surface area contributed by atoms with E-state index >= 15 is 0 Å². The maximum Gasteiger partial charge on any atom is 0.251 e. The minimum absolute atomic E-state index is 0.00206. The van der Waals surface area contributed by atoms with Gasteiger partial charge in [-0.2, -0.15) is 0 Å². The molecule has 1 N–H and O–H groups in total. The second-order valence-electron chi connectivity index (χ2n) is 7.60. The maximum atomic E-state index is 13.3. The highest BCUT2D eigenvalue weighted by atomic mass is 35.5. The van der Waals surface area contributed by atoms with Crippen molar-refractivity contribution in [2.24, 2.45) is 0 Å². The van der Waals surface area contributed by atoms with E-state index in [1.165, 1.54) is 11.3 Å². The van der Waals surface area contributed by atoms with E-state index in [-0.39, 0.29) is 24.2 Å². The first-order valence-electron chi connectivity index (χ1n) is 9.83. The zero-order valence-electron chi connectivity index (χ0n) is 17.3. The summed E-state index contributed by atoms with van der Waals surface area (Å²) in [5.74, 6) is -0.933. The molecule has 1 fully saturated rings. The lowest BCUT2D eigenvalue weighted by molar-refractivity contribution is -0.141. The molecule has 2 amide bonds. The Balaban J connectivity index is 1.75. The van der Waals surface area contributed by atoms with Gasteiger partial charge in [0.2, 0.25) is 5.91 Å². The summed E-state index contributed by atoms with van der Waals surface area (Å²) < 4.78 is 29.8. The molecule has 1 aromatic carbocycles. The third-order valence-corrected chi connectivity index (χ3v) is 7.25. The number of ether oxygens (including phenoxy) is 1. The van der Waals surface area contributed by atoms with Crippen LogP contribution in [0.1, 0.15) is 33.3 Å². The van der Waals surface area contributed by atoms with Crippen molar-refractivity contribution < 1.29 is 22.7 Å². The fraction of sp³-hybridized carbons (Fsp3) is 0.429. The van der Waals surface area contributed by atoms with Crippen LogP contribution in [0.25, 0.3) is 0 Å². The molecule has 1 aromatic heterocycles. The molecule has 2 aromatic rings. The van der Waals surface area contributed by atoms with Gasteiger partial charge in [-0.05, 0) is 37.6 Å². The summed E-state index contributed by atoms with van der Waals surface area (Å²) in [7, 11) is -3.30. The molecule has 1 saturated heterocycles. The Bertz CT molecular complexity index is 1050. The Morgan fingerprint density at radius 3 is 2.74 bits per heavy atom. The number of amides is 2. The number of hydrogen-bond acceptors (Lipinski definition) is 6. The molecule has 1 aliphatic heterocycles. The average Bonchev–Trinajstić information content (AvgIpc) is 3.16. The van der Waals surface area contributed by atoms with E-state index in [9.17, 15) is 18.0 Å². The zero-order valence-corrected chi connectivity index (χ0v) is 19.7. The predicted octanol–water partition coefficient (Wildman–Crippen LogP) is 2.84. The Morgan fingerprint density at radius 2 is 2.10 bits per heavy atom. The molecule has 0 aliphatic carbocycles. The second kappa shape index (κ2) is 10.1. The van der Waals surface area contributed by atoms with Gasteiger partial charge in [0.1, 0.15) is 22.0 Å². The number of carbonyl (C=O) groups excluding carboxylic acids is 2. The molecule has 1 aliphatic rings. The lowest BCUT2D eigenvalue weighted by Crippen LogP contribution is -2.52. The Morgan fingerprint density at radius 1 is 1.32 bits per heavy atom. The SMILES string of the molecule is Cc1cccc(C(=O)NC(CCS(C)(=O)=O)C(=O)N2CCOC(c3ccc(Cl)s3)C2)c1. The summed E-state index contributed by atoms with van der Waals surface area (Å²) >= 11 is 7.41. The normalized spacial score (nSPS) is 17.9. The van der Waals surface area contributed by atoms with Crippen LogP contribution in [0, 0.1) is 6.92 Å². The van der Waals surface area contributed by atoms with Crippen LogP contribution in [0.5, 0.6) is 0 Å². The van der Waals surface area contributed by atoms with E-state index in [1.54, 1.807) is 29.2 Å². The minimum atomic E-state index is -3.30. The first-order valence-corrected chi connectivity index (χ1v) is 13.1. The quantitative estimate of drug-likeness (QED) is 0.652. The summed E-state index contributed by atoms with van der Waals surface area (Å²) in [6.45, 7) is 2.89. The van der Waals surface area contributed by atoms with E-state index in [2.05, 4.69) is 5.32 Å². The van der Waals surface area contributed by atoms with Crippen LogP contribution in [0.2, 0.25) is 4.34 Å². The first-order chi connectivity index (χ1) is 14.6. The van der Waals surface area contributed by atoms with Crippen LogP contribution < -0.4 is 5.32 Å². The molecular formula is C21H25ClN2O5S2. The molecule has 0 saturated carbocycles. The number of carbonyl (C=O) groups is 2. The van der Waals surface area contributed by atoms with Crippen molar-refractivity contribution in [2.75, 3.05) is 31.7 Å². The van der Waals surface area contributed by atoms with Crippen LogP contribution in [0.4, 0.5) is 0 Å². The highest BCUT2D eigenvalue weighted by Gasteiger charge is 2.32. The smallest absolute Gasteiger partial charge is 0.251 e. The number of nitrogens with zero attached hydrogens (tertiary/aromatic N) is 1. The molecule has 3 rings (SSSR count). The molecular weight excluding hydrogens is 460 g/mol. The topological polar surface area (TPSA) is 92.8 Å². The Labute approximate surface area is 191 Å². The van der Waals surface area contributed by atoms with Gasteiger partial charge in [0, 0.05) is 23.2 Å². The third-order valence-electron chi connectivity index (χ3n) is 4.95. The van der Waals surface area contributed by atoms with Crippen LogP contribution in [-0.4, -0.2) is 62.9 Å². The molecule has 2 heterocycles. The van der Waals surface area contributed by atoms with Gasteiger partial charge in [-0.3, -0.25) is 9.59 Å². The fourth-order valence-corrected chi connectivity index (χ4v) is 5.13. The number of nitrogens with one attached hydrogen (secondary N) is 1. The summed E-state index contributed by atoms with van der Waals surface area (Å²) in [5, 5.41) is 2.73. The molecule has 168 valence electrons. The largest absolute Gasteiger partial charge is 0.369 e. The number of halogens is 1. The monoisotopic (exact) mass is 484 g/mol. The van der Waals surface area contributed by atoms with E-state index in [4.69, 9.17) is 16.3 Å². The molecule has 2 unspecified atom stereocenters. The number of morpholine rings is 1. The minimum Gasteiger partial charge on any atom is -0.369 e. The molecule has 31 heavy (non-hydrogen) atoms. The number of aryl methyl sites for hydroxylation is 1. The predicted molar refractivity (Wildman–Crippen MR) is 121 cm³/mol. The standard InChI is InChI=1S/C21H25ClN2O5S2/c1-14-4-3-5-15(12-14)20(25)23-16(8-11-31(2,27)28)21(26)24-9-10-29-17(13-24)18-6-7-19(22)30-18/h3-7,12,16-17H,8-11,13H2,1-2H3,(H,23,25). The van der Waals surface area contributed by atoms with Crippen molar-refractivity contribution in [1.29, 1.82) is 0 Å². The van der Waals surface area contributed by atoms with E-state index < -0.39 is 21.8 Å². The van der Waals surface area contributed by atoms with Crippen molar-refractivity contribution >= 4 is 44.6 Å². The molecule has 0 radical (unpaired) electrons. The highest BCUT2D eigenvalue weighted by molar-refractivity contribution is 7.90. The average molecular weight is 485 g/mol. The molecule has 2 atom stereocenters. The lowest BCUT2D eigenvalue weighted by Gasteiger charge is -2.35. The van der Waals surface area contributed by atoms with E-state index in [0.29, 0.717) is 29.6 Å². The first kappa shape index (κ1) is 23.7. The van der Waals surface area contributed by atoms with Gasteiger partial charge >= 0.3 is 0 Å². The van der Waals surface area contributed by atoms with Crippen molar-refractivity contribution in [3.05, 3.63) is 56.7 Å². The van der Waals surface area contributed by atoms with Gasteiger partial charge in [0.05, 0.1) is 23.2 Å². The number of rotatable bonds is 7. The van der Waals surface area contributed by atoms with Crippen molar-refractivity contribution in [3.8, 4) is 0 Å². The van der Waals surface area contributed by atoms with Crippen LogP contribution >= 0.6 is 22.9 Å². The lowest BCUT2D eigenvalue weighted by atomic mass is 10.1. The van der Waals surface area contributed by atoms with Crippen molar-refractivity contribution in [2.45, 2.75) is 25.5 Å². The number of benzene rings is 1. The van der Waals surface area contributed by atoms with Crippen LogP contribution in [0.3, 0.4) is 0 Å². The Kier molecular flexibility index (Phi) is 7.74. The number of sulfone groups is 1. The zero-order chi connectivity index (χ0) is 22.6. The van der Waals surface area contributed by atoms with Gasteiger partial charge in [-0.25, -0.2) is 8.42 Å². The molecule has 0 spiro atoms. The molecule has 10 heteroatoms. The third kappa shape index (κ3) is 6.77.